The number of carbonyl (C=O) groups excluding carboxylic acids is 1. The summed E-state index contributed by atoms with van der Waals surface area (Å²) in [7, 11) is 1.86. The number of amides is 1. The maximum absolute atomic E-state index is 13.4. The van der Waals surface area contributed by atoms with Crippen LogP contribution in [0.1, 0.15) is 53.5 Å². The number of fused-ring (bicyclic) bond motifs is 1. The van der Waals surface area contributed by atoms with Crippen LogP contribution in [0.3, 0.4) is 0 Å². The lowest BCUT2D eigenvalue weighted by Crippen LogP contribution is -2.26. The number of carbonyl (C=O) groups is 1. The Labute approximate surface area is 211 Å². The van der Waals surface area contributed by atoms with E-state index in [0.29, 0.717) is 29.7 Å². The molecule has 6 heteroatoms. The number of pyridine rings is 1. The van der Waals surface area contributed by atoms with Gasteiger partial charge in [0.15, 0.2) is 5.52 Å². The molecule has 0 bridgehead atoms. The largest absolute Gasteiger partial charge is 0.470 e. The molecular formula is C30H30N4O2. The summed E-state index contributed by atoms with van der Waals surface area (Å²) in [6.07, 6.45) is 2.26. The van der Waals surface area contributed by atoms with Crippen molar-refractivity contribution in [3.8, 4) is 17.7 Å². The van der Waals surface area contributed by atoms with Crippen molar-refractivity contribution in [2.75, 3.05) is 4.90 Å². The summed E-state index contributed by atoms with van der Waals surface area (Å²) in [6.45, 7) is 8.29. The van der Waals surface area contributed by atoms with E-state index in [9.17, 15) is 4.79 Å². The Hall–Kier alpha value is -4.11. The van der Waals surface area contributed by atoms with Crippen molar-refractivity contribution in [1.29, 1.82) is 0 Å². The average molecular weight is 479 g/mol. The van der Waals surface area contributed by atoms with Gasteiger partial charge in [0.2, 0.25) is 0 Å². The fourth-order valence-corrected chi connectivity index (χ4v) is 4.39. The van der Waals surface area contributed by atoms with Crippen LogP contribution in [0.25, 0.3) is 11.0 Å². The van der Waals surface area contributed by atoms with Crippen molar-refractivity contribution < 1.29 is 9.53 Å². The van der Waals surface area contributed by atoms with E-state index in [4.69, 9.17) is 9.72 Å². The van der Waals surface area contributed by atoms with Gasteiger partial charge in [0.25, 0.3) is 5.88 Å². The van der Waals surface area contributed by atoms with Crippen LogP contribution in [0, 0.1) is 32.6 Å². The van der Waals surface area contributed by atoms with Crippen LogP contribution >= 0.6 is 0 Å². The Bertz CT molecular complexity index is 1520. The Morgan fingerprint density at radius 3 is 2.50 bits per heavy atom. The van der Waals surface area contributed by atoms with Gasteiger partial charge in [0.05, 0.1) is 11.2 Å². The maximum atomic E-state index is 13.4. The second-order valence-electron chi connectivity index (χ2n) is 9.53. The summed E-state index contributed by atoms with van der Waals surface area (Å²) in [6, 6.07) is 16.3. The van der Waals surface area contributed by atoms with E-state index in [1.165, 1.54) is 16.7 Å². The van der Waals surface area contributed by atoms with Gasteiger partial charge in [-0.3, -0.25) is 14.4 Å². The molecular weight excluding hydrogens is 448 g/mol. The Kier molecular flexibility index (Phi) is 6.24. The van der Waals surface area contributed by atoms with Crippen molar-refractivity contribution in [1.82, 2.24) is 14.8 Å². The van der Waals surface area contributed by atoms with E-state index in [2.05, 4.69) is 62.0 Å². The second-order valence-corrected chi connectivity index (χ2v) is 9.53. The molecule has 0 saturated heterocycles. The molecule has 36 heavy (non-hydrogen) atoms. The third kappa shape index (κ3) is 4.57. The van der Waals surface area contributed by atoms with Crippen LogP contribution in [0.4, 0.5) is 11.5 Å². The smallest absolute Gasteiger partial charge is 0.308 e. The van der Waals surface area contributed by atoms with Crippen LogP contribution in [0.15, 0.2) is 48.5 Å². The lowest BCUT2D eigenvalue weighted by Gasteiger charge is -2.24. The summed E-state index contributed by atoms with van der Waals surface area (Å²) in [5, 5.41) is 4.56. The van der Waals surface area contributed by atoms with Gasteiger partial charge in [-0.1, -0.05) is 41.8 Å². The number of benzene rings is 2. The van der Waals surface area contributed by atoms with Gasteiger partial charge < -0.3 is 4.74 Å². The number of aryl methyl sites for hydroxylation is 4. The SMILES string of the molecule is CC#CC(=O)N(c1ccc2c(n1)c(OCc1ccc(C)cc1)nn2C)c1cc(C)c(C)cc1C1CC1. The fraction of sp³-hybridized carbons (Fsp3) is 0.300. The van der Waals surface area contributed by atoms with Gasteiger partial charge in [-0.25, -0.2) is 4.98 Å². The zero-order valence-corrected chi connectivity index (χ0v) is 21.4. The minimum atomic E-state index is -0.305. The highest BCUT2D eigenvalue weighted by Gasteiger charge is 2.31. The Morgan fingerprint density at radius 2 is 1.81 bits per heavy atom. The fourth-order valence-electron chi connectivity index (χ4n) is 4.39. The number of rotatable bonds is 6. The van der Waals surface area contributed by atoms with E-state index in [-0.39, 0.29) is 5.91 Å². The van der Waals surface area contributed by atoms with Crippen LogP contribution in [-0.4, -0.2) is 20.7 Å². The summed E-state index contributed by atoms with van der Waals surface area (Å²) in [5.41, 5.74) is 8.06. The number of aromatic nitrogens is 3. The molecule has 1 amide bonds. The molecule has 1 fully saturated rings. The van der Waals surface area contributed by atoms with Crippen LogP contribution in [0.5, 0.6) is 5.88 Å². The molecule has 1 aliphatic carbocycles. The zero-order valence-electron chi connectivity index (χ0n) is 21.4. The van der Waals surface area contributed by atoms with Gasteiger partial charge in [-0.05, 0) is 92.8 Å². The summed E-state index contributed by atoms with van der Waals surface area (Å²) < 4.78 is 7.85. The maximum Gasteiger partial charge on any atom is 0.308 e. The molecule has 0 radical (unpaired) electrons. The molecule has 1 saturated carbocycles. The van der Waals surface area contributed by atoms with Crippen molar-refractivity contribution in [2.45, 2.75) is 53.1 Å². The predicted octanol–water partition coefficient (Wildman–Crippen LogP) is 6.04. The number of anilines is 2. The second kappa shape index (κ2) is 9.50. The molecule has 4 aromatic rings. The van der Waals surface area contributed by atoms with Gasteiger partial charge in [0.1, 0.15) is 12.4 Å². The molecule has 0 aliphatic heterocycles. The molecule has 1 aliphatic rings. The topological polar surface area (TPSA) is 60.3 Å². The van der Waals surface area contributed by atoms with Crippen LogP contribution in [-0.2, 0) is 18.4 Å². The molecule has 0 spiro atoms. The van der Waals surface area contributed by atoms with Crippen molar-refractivity contribution in [3.63, 3.8) is 0 Å². The van der Waals surface area contributed by atoms with E-state index in [1.54, 1.807) is 16.5 Å². The van der Waals surface area contributed by atoms with Crippen molar-refractivity contribution >= 4 is 28.4 Å². The third-order valence-electron chi connectivity index (χ3n) is 6.71. The highest BCUT2D eigenvalue weighted by Crippen LogP contribution is 2.46. The van der Waals surface area contributed by atoms with Gasteiger partial charge in [0, 0.05) is 7.05 Å². The van der Waals surface area contributed by atoms with Crippen LogP contribution < -0.4 is 9.64 Å². The van der Waals surface area contributed by atoms with Crippen molar-refractivity contribution in [2.24, 2.45) is 7.05 Å². The zero-order chi connectivity index (χ0) is 25.4. The van der Waals surface area contributed by atoms with Gasteiger partial charge in [-0.15, -0.1) is 5.10 Å². The predicted molar refractivity (Wildman–Crippen MR) is 143 cm³/mol. The van der Waals surface area contributed by atoms with Gasteiger partial charge in [-0.2, -0.15) is 0 Å². The molecule has 2 aromatic carbocycles. The van der Waals surface area contributed by atoms with E-state index in [1.807, 2.05) is 31.3 Å². The standard InChI is InChI=1S/C30H30N4O2/c1-6-7-28(35)34(26-17-21(4)20(3)16-24(26)23-12-13-23)27-15-14-25-29(31-27)30(32-33(25)5)36-18-22-10-8-19(2)9-11-22/h8-11,14-17,23H,12-13,18H2,1-5H3. The minimum Gasteiger partial charge on any atom is -0.470 e. The molecule has 0 atom stereocenters. The molecule has 182 valence electrons. The van der Waals surface area contributed by atoms with E-state index >= 15 is 0 Å². The average Bonchev–Trinajstić information content (AvgIpc) is 3.65. The first-order valence-corrected chi connectivity index (χ1v) is 12.3. The summed E-state index contributed by atoms with van der Waals surface area (Å²) in [5.74, 6) is 6.59. The third-order valence-corrected chi connectivity index (χ3v) is 6.71. The molecule has 5 rings (SSSR count). The van der Waals surface area contributed by atoms with Crippen molar-refractivity contribution in [3.05, 3.63) is 76.3 Å². The lowest BCUT2D eigenvalue weighted by atomic mass is 9.99. The number of hydrogen-bond donors (Lipinski definition) is 0. The Morgan fingerprint density at radius 1 is 1.08 bits per heavy atom. The Balaban J connectivity index is 1.59. The normalized spacial score (nSPS) is 12.8. The number of nitrogens with zero attached hydrogens (tertiary/aromatic N) is 4. The summed E-state index contributed by atoms with van der Waals surface area (Å²) >= 11 is 0. The minimum absolute atomic E-state index is 0.305. The van der Waals surface area contributed by atoms with Crippen LogP contribution in [0.2, 0.25) is 0 Å². The lowest BCUT2D eigenvalue weighted by molar-refractivity contribution is -0.112. The number of hydrogen-bond acceptors (Lipinski definition) is 4. The first-order chi connectivity index (χ1) is 17.4. The highest BCUT2D eigenvalue weighted by molar-refractivity contribution is 6.11. The molecule has 2 heterocycles. The molecule has 0 unspecified atom stereocenters. The highest BCUT2D eigenvalue weighted by atomic mass is 16.5. The van der Waals surface area contributed by atoms with E-state index in [0.717, 1.165) is 35.2 Å². The first-order valence-electron chi connectivity index (χ1n) is 12.3. The summed E-state index contributed by atoms with van der Waals surface area (Å²) in [4.78, 5) is 19.9. The molecule has 6 nitrogen and oxygen atoms in total. The number of ether oxygens (including phenoxy) is 1. The molecule has 0 N–H and O–H groups in total. The molecule has 2 aromatic heterocycles. The quantitative estimate of drug-likeness (QED) is 0.317. The monoisotopic (exact) mass is 478 g/mol. The van der Waals surface area contributed by atoms with Gasteiger partial charge >= 0.3 is 5.91 Å². The first kappa shape index (κ1) is 23.6. The van der Waals surface area contributed by atoms with E-state index < -0.39 is 0 Å².